The highest BCUT2D eigenvalue weighted by molar-refractivity contribution is 7.89. The summed E-state index contributed by atoms with van der Waals surface area (Å²) in [5.74, 6) is -2.51. The molecule has 0 bridgehead atoms. The molecule has 0 radical (unpaired) electrons. The van der Waals surface area contributed by atoms with Crippen molar-refractivity contribution in [1.82, 2.24) is 4.72 Å². The first-order valence-corrected chi connectivity index (χ1v) is 8.51. The van der Waals surface area contributed by atoms with Crippen molar-refractivity contribution in [2.24, 2.45) is 5.92 Å². The second-order valence-corrected chi connectivity index (χ2v) is 7.34. The topological polar surface area (TPSA) is 110 Å². The average molecular weight is 364 g/mol. The summed E-state index contributed by atoms with van der Waals surface area (Å²) < 4.78 is 31.7. The molecule has 0 aromatic heterocycles. The molecule has 0 aliphatic rings. The van der Waals surface area contributed by atoms with E-state index in [4.69, 9.17) is 16.7 Å². The lowest BCUT2D eigenvalue weighted by molar-refractivity contribution is -0.140. The van der Waals surface area contributed by atoms with E-state index in [-0.39, 0.29) is 21.0 Å². The molecule has 128 valence electrons. The van der Waals surface area contributed by atoms with E-state index in [0.29, 0.717) is 0 Å². The maximum absolute atomic E-state index is 12.5. The molecular weight excluding hydrogens is 346 g/mol. The van der Waals surface area contributed by atoms with Crippen molar-refractivity contribution in [3.63, 3.8) is 0 Å². The van der Waals surface area contributed by atoms with Gasteiger partial charge in [-0.25, -0.2) is 13.2 Å². The number of hydrogen-bond acceptors (Lipinski definition) is 5. The summed E-state index contributed by atoms with van der Waals surface area (Å²) in [4.78, 5) is 22.5. The van der Waals surface area contributed by atoms with Gasteiger partial charge in [0.2, 0.25) is 10.0 Å². The van der Waals surface area contributed by atoms with E-state index >= 15 is 0 Å². The van der Waals surface area contributed by atoms with Crippen LogP contribution in [0, 0.1) is 12.8 Å². The zero-order valence-corrected chi connectivity index (χ0v) is 14.7. The van der Waals surface area contributed by atoms with E-state index in [1.807, 2.05) is 0 Å². The van der Waals surface area contributed by atoms with Crippen LogP contribution >= 0.6 is 11.6 Å². The minimum atomic E-state index is -4.19. The molecule has 7 nitrogen and oxygen atoms in total. The number of carbonyl (C=O) groups excluding carboxylic acids is 1. The molecule has 23 heavy (non-hydrogen) atoms. The van der Waals surface area contributed by atoms with E-state index in [2.05, 4.69) is 9.46 Å². The van der Waals surface area contributed by atoms with Crippen molar-refractivity contribution in [3.8, 4) is 0 Å². The number of methoxy groups -OCH3 is 1. The Kier molecular flexibility index (Phi) is 6.15. The summed E-state index contributed by atoms with van der Waals surface area (Å²) in [6.45, 7) is 4.61. The molecule has 0 saturated heterocycles. The molecule has 1 atom stereocenters. The Labute approximate surface area is 139 Å². The van der Waals surface area contributed by atoms with Crippen LogP contribution < -0.4 is 4.72 Å². The van der Waals surface area contributed by atoms with Crippen molar-refractivity contribution >= 4 is 33.6 Å². The number of sulfonamides is 1. The monoisotopic (exact) mass is 363 g/mol. The van der Waals surface area contributed by atoms with Crippen LogP contribution in [0.25, 0.3) is 0 Å². The van der Waals surface area contributed by atoms with E-state index < -0.39 is 33.9 Å². The summed E-state index contributed by atoms with van der Waals surface area (Å²) >= 11 is 5.97. The van der Waals surface area contributed by atoms with Gasteiger partial charge in [0, 0.05) is 5.02 Å². The number of carboxylic acid groups (broad SMARTS) is 1. The molecule has 2 N–H and O–H groups in total. The second-order valence-electron chi connectivity index (χ2n) is 5.25. The summed E-state index contributed by atoms with van der Waals surface area (Å²) in [5.41, 5.74) is 0.166. The van der Waals surface area contributed by atoms with Gasteiger partial charge in [-0.05, 0) is 30.5 Å². The SMILES string of the molecule is COC(=O)c1cc(Cl)c(C)c(S(=O)(=O)N[C@H](C(=O)O)C(C)C)c1. The predicted octanol–water partition coefficient (Wildman–Crippen LogP) is 1.82. The van der Waals surface area contributed by atoms with Crippen LogP contribution in [0.1, 0.15) is 29.8 Å². The maximum atomic E-state index is 12.5. The lowest BCUT2D eigenvalue weighted by Crippen LogP contribution is -2.44. The Morgan fingerprint density at radius 3 is 2.30 bits per heavy atom. The first kappa shape index (κ1) is 19.4. The molecule has 9 heteroatoms. The van der Waals surface area contributed by atoms with Crippen LogP contribution in [-0.2, 0) is 19.6 Å². The highest BCUT2D eigenvalue weighted by Crippen LogP contribution is 2.26. The Hall–Kier alpha value is -1.64. The molecule has 0 heterocycles. The number of nitrogens with one attached hydrogen (secondary N) is 1. The third kappa shape index (κ3) is 4.43. The Morgan fingerprint density at radius 1 is 1.30 bits per heavy atom. The number of benzene rings is 1. The molecular formula is C14H18ClNO6S. The molecule has 1 rings (SSSR count). The van der Waals surface area contributed by atoms with Crippen molar-refractivity contribution in [3.05, 3.63) is 28.3 Å². The minimum absolute atomic E-state index is 0.0418. The van der Waals surface area contributed by atoms with Crippen LogP contribution in [-0.4, -0.2) is 38.6 Å². The van der Waals surface area contributed by atoms with Crippen LogP contribution in [0.15, 0.2) is 17.0 Å². The molecule has 0 saturated carbocycles. The van der Waals surface area contributed by atoms with Crippen LogP contribution in [0.5, 0.6) is 0 Å². The highest BCUT2D eigenvalue weighted by atomic mass is 35.5. The van der Waals surface area contributed by atoms with Gasteiger partial charge in [-0.15, -0.1) is 0 Å². The van der Waals surface area contributed by atoms with Crippen molar-refractivity contribution in [2.75, 3.05) is 7.11 Å². The fraction of sp³-hybridized carbons (Fsp3) is 0.429. The molecule has 1 aromatic carbocycles. The van der Waals surface area contributed by atoms with Crippen molar-refractivity contribution < 1.29 is 27.9 Å². The fourth-order valence-electron chi connectivity index (χ4n) is 1.87. The third-order valence-corrected chi connectivity index (χ3v) is 5.18. The van der Waals surface area contributed by atoms with E-state index in [9.17, 15) is 18.0 Å². The molecule has 0 unspecified atom stereocenters. The van der Waals surface area contributed by atoms with E-state index in [0.717, 1.165) is 13.2 Å². The number of aliphatic carboxylic acids is 1. The van der Waals surface area contributed by atoms with E-state index in [1.54, 1.807) is 13.8 Å². The molecule has 0 amide bonds. The zero-order valence-electron chi connectivity index (χ0n) is 13.1. The van der Waals surface area contributed by atoms with E-state index in [1.165, 1.54) is 13.0 Å². The van der Waals surface area contributed by atoms with Gasteiger partial charge in [-0.2, -0.15) is 4.72 Å². The minimum Gasteiger partial charge on any atom is -0.480 e. The lowest BCUT2D eigenvalue weighted by Gasteiger charge is -2.19. The number of hydrogen-bond donors (Lipinski definition) is 2. The van der Waals surface area contributed by atoms with Gasteiger partial charge in [0.1, 0.15) is 6.04 Å². The van der Waals surface area contributed by atoms with Gasteiger partial charge < -0.3 is 9.84 Å². The van der Waals surface area contributed by atoms with Gasteiger partial charge in [0.15, 0.2) is 0 Å². The largest absolute Gasteiger partial charge is 0.480 e. The number of carbonyl (C=O) groups is 2. The standard InChI is InChI=1S/C14H18ClNO6S/c1-7(2)12(13(17)18)16-23(20,21)11-6-9(14(19)22-4)5-10(15)8(11)3/h5-7,12,16H,1-4H3,(H,17,18)/t12-/m0/s1. The maximum Gasteiger partial charge on any atom is 0.337 e. The predicted molar refractivity (Wildman–Crippen MR) is 84.1 cm³/mol. The molecule has 0 fully saturated rings. The first-order valence-electron chi connectivity index (χ1n) is 6.64. The summed E-state index contributed by atoms with van der Waals surface area (Å²) in [6, 6.07) is 1.09. The molecule has 0 aliphatic carbocycles. The Morgan fingerprint density at radius 2 is 1.87 bits per heavy atom. The van der Waals surface area contributed by atoms with Crippen LogP contribution in [0.2, 0.25) is 5.02 Å². The Bertz CT molecular complexity index is 729. The zero-order chi connectivity index (χ0) is 17.9. The highest BCUT2D eigenvalue weighted by Gasteiger charge is 2.30. The number of halogens is 1. The number of esters is 1. The quantitative estimate of drug-likeness (QED) is 0.746. The van der Waals surface area contributed by atoms with Gasteiger partial charge in [-0.3, -0.25) is 4.79 Å². The van der Waals surface area contributed by atoms with Crippen LogP contribution in [0.3, 0.4) is 0 Å². The first-order chi connectivity index (χ1) is 10.5. The normalized spacial score (nSPS) is 13.0. The molecule has 0 spiro atoms. The molecule has 1 aromatic rings. The third-order valence-electron chi connectivity index (χ3n) is 3.22. The van der Waals surface area contributed by atoms with Crippen molar-refractivity contribution in [1.29, 1.82) is 0 Å². The van der Waals surface area contributed by atoms with Gasteiger partial charge in [0.25, 0.3) is 0 Å². The van der Waals surface area contributed by atoms with Gasteiger partial charge in [0.05, 0.1) is 17.6 Å². The summed E-state index contributed by atoms with van der Waals surface area (Å²) in [6.07, 6.45) is 0. The fourth-order valence-corrected chi connectivity index (χ4v) is 3.78. The summed E-state index contributed by atoms with van der Waals surface area (Å²) in [7, 11) is -3.04. The number of ether oxygens (including phenoxy) is 1. The number of carboxylic acids is 1. The van der Waals surface area contributed by atoms with Gasteiger partial charge >= 0.3 is 11.9 Å². The van der Waals surface area contributed by atoms with Crippen LogP contribution in [0.4, 0.5) is 0 Å². The second kappa shape index (κ2) is 7.29. The van der Waals surface area contributed by atoms with Gasteiger partial charge in [-0.1, -0.05) is 25.4 Å². The Balaban J connectivity index is 3.40. The van der Waals surface area contributed by atoms with Crippen molar-refractivity contribution in [2.45, 2.75) is 31.7 Å². The molecule has 0 aliphatic heterocycles. The number of rotatable bonds is 6. The lowest BCUT2D eigenvalue weighted by atomic mass is 10.1. The smallest absolute Gasteiger partial charge is 0.337 e. The summed E-state index contributed by atoms with van der Waals surface area (Å²) in [5, 5.41) is 9.19. The average Bonchev–Trinajstić information content (AvgIpc) is 2.45.